The van der Waals surface area contributed by atoms with Crippen molar-refractivity contribution < 1.29 is 32.7 Å². The molecular weight excluding hydrogens is 173 g/mol. The smallest absolute Gasteiger partial charge is 0 e. The molecule has 0 N–H and O–H groups in total. The van der Waals surface area contributed by atoms with E-state index >= 15 is 0 Å². The molecule has 0 aromatic heterocycles. The molecule has 1 aliphatic rings. The molecule has 0 aliphatic heterocycles. The minimum absolute atomic E-state index is 0. The van der Waals surface area contributed by atoms with Crippen LogP contribution in [0.3, 0.4) is 0 Å². The average molecular weight is 186 g/mol. The topological polar surface area (TPSA) is 0 Å². The van der Waals surface area contributed by atoms with Crippen molar-refractivity contribution in [1.82, 2.24) is 0 Å². The molecule has 1 heteroatoms. The van der Waals surface area contributed by atoms with Crippen LogP contribution in [0.2, 0.25) is 0 Å². The van der Waals surface area contributed by atoms with Crippen LogP contribution < -0.4 is 0 Å². The summed E-state index contributed by atoms with van der Waals surface area (Å²) in [6.07, 6.45) is 4.28. The molecule has 1 aliphatic carbocycles. The average Bonchev–Trinajstić information content (AvgIpc) is 1.23. The predicted molar refractivity (Wildman–Crippen MR) is 31.9 cm³/mol. The van der Waals surface area contributed by atoms with Gasteiger partial charge in [-0.25, -0.2) is 0 Å². The van der Waals surface area contributed by atoms with E-state index in [1.807, 2.05) is 0 Å². The summed E-state index contributed by atoms with van der Waals surface area (Å²) in [6.45, 7) is 4.57. The Hall–Kier alpha value is 1.10. The van der Waals surface area contributed by atoms with Crippen LogP contribution in [0.5, 0.6) is 0 Å². The number of rotatable bonds is 1. The van der Waals surface area contributed by atoms with E-state index in [4.69, 9.17) is 0 Å². The molecule has 0 bridgehead atoms. The molecule has 1 radical (unpaired) electrons. The summed E-state index contributed by atoms with van der Waals surface area (Å²) in [4.78, 5) is 0. The first-order valence-electron chi connectivity index (χ1n) is 3.15. The Labute approximate surface area is 77.3 Å². The monoisotopic (exact) mass is 186 g/mol. The van der Waals surface area contributed by atoms with Gasteiger partial charge in [-0.1, -0.05) is 13.8 Å². The number of hydrogen-bond acceptors (Lipinski definition) is 0. The molecule has 0 spiro atoms. The van der Waals surface area contributed by atoms with E-state index < -0.39 is 0 Å². The third-order valence-corrected chi connectivity index (χ3v) is 1.81. The second-order valence-electron chi connectivity index (χ2n) is 2.67. The van der Waals surface area contributed by atoms with Crippen LogP contribution in [0.4, 0.5) is 0 Å². The first-order chi connectivity index (χ1) is 3.30. The van der Waals surface area contributed by atoms with E-state index in [-0.39, 0.29) is 32.7 Å². The van der Waals surface area contributed by atoms with Crippen LogP contribution in [0, 0.1) is 11.8 Å². The second kappa shape index (κ2) is 4.01. The standard InChI is InChI=1S/C7H13.Y/c1-6(2)7-4-3-5-7;/h6H,3-5H2,1-2H3;/q-1;. The Kier molecular flexibility index (Phi) is 4.56. The van der Waals surface area contributed by atoms with Gasteiger partial charge in [0, 0.05) is 32.7 Å². The predicted octanol–water partition coefficient (Wildman–Crippen LogP) is 2.40. The molecule has 0 amide bonds. The van der Waals surface area contributed by atoms with Crippen molar-refractivity contribution >= 4 is 0 Å². The van der Waals surface area contributed by atoms with Crippen molar-refractivity contribution in [3.8, 4) is 0 Å². The summed E-state index contributed by atoms with van der Waals surface area (Å²) in [6, 6.07) is 0. The largest absolute Gasteiger partial charge is 0.311 e. The Balaban J connectivity index is 0.000000490. The normalized spacial score (nSPS) is 19.9. The molecule has 0 heterocycles. The van der Waals surface area contributed by atoms with Crippen LogP contribution >= 0.6 is 0 Å². The molecular formula is C7H13Y-. The van der Waals surface area contributed by atoms with Gasteiger partial charge in [-0.2, -0.15) is 18.8 Å². The third-order valence-electron chi connectivity index (χ3n) is 1.81. The summed E-state index contributed by atoms with van der Waals surface area (Å²) >= 11 is 0. The Morgan fingerprint density at radius 3 is 1.75 bits per heavy atom. The van der Waals surface area contributed by atoms with Crippen molar-refractivity contribution in [2.45, 2.75) is 33.1 Å². The minimum Gasteiger partial charge on any atom is -0.311 e. The van der Waals surface area contributed by atoms with Gasteiger partial charge in [-0.05, 0) is 0 Å². The summed E-state index contributed by atoms with van der Waals surface area (Å²) in [5.41, 5.74) is 0. The van der Waals surface area contributed by atoms with E-state index in [0.29, 0.717) is 0 Å². The quantitative estimate of drug-likeness (QED) is 0.551. The van der Waals surface area contributed by atoms with Gasteiger partial charge in [-0.3, -0.25) is 0 Å². The van der Waals surface area contributed by atoms with Crippen LogP contribution in [-0.2, 0) is 32.7 Å². The van der Waals surface area contributed by atoms with Crippen molar-refractivity contribution in [1.29, 1.82) is 0 Å². The maximum absolute atomic E-state index is 2.29. The SMILES string of the molecule is CC(C)[C-]1CCC1.[Y]. The fourth-order valence-corrected chi connectivity index (χ4v) is 0.958. The molecule has 0 atom stereocenters. The fraction of sp³-hybridized carbons (Fsp3) is 0.857. The molecule has 1 saturated carbocycles. The summed E-state index contributed by atoms with van der Waals surface area (Å²) in [7, 11) is 0. The van der Waals surface area contributed by atoms with Crippen molar-refractivity contribution in [2.24, 2.45) is 5.92 Å². The Bertz CT molecular complexity index is 55.4. The Morgan fingerprint density at radius 2 is 1.75 bits per heavy atom. The number of hydrogen-bond donors (Lipinski definition) is 0. The Morgan fingerprint density at radius 1 is 1.25 bits per heavy atom. The summed E-state index contributed by atoms with van der Waals surface area (Å²) in [5, 5.41) is 0. The second-order valence-corrected chi connectivity index (χ2v) is 2.67. The van der Waals surface area contributed by atoms with Gasteiger partial charge in [0.1, 0.15) is 0 Å². The molecule has 45 valence electrons. The summed E-state index contributed by atoms with van der Waals surface area (Å²) in [5.74, 6) is 2.65. The molecule has 0 aromatic carbocycles. The van der Waals surface area contributed by atoms with Gasteiger partial charge in [0.05, 0.1) is 0 Å². The summed E-state index contributed by atoms with van der Waals surface area (Å²) < 4.78 is 0. The molecule has 1 rings (SSSR count). The molecule has 0 unspecified atom stereocenters. The van der Waals surface area contributed by atoms with Gasteiger partial charge < -0.3 is 5.92 Å². The van der Waals surface area contributed by atoms with Gasteiger partial charge in [0.15, 0.2) is 0 Å². The van der Waals surface area contributed by atoms with E-state index in [1.54, 1.807) is 5.92 Å². The zero-order valence-electron chi connectivity index (χ0n) is 5.78. The molecule has 8 heavy (non-hydrogen) atoms. The van der Waals surface area contributed by atoms with Crippen LogP contribution in [-0.4, -0.2) is 0 Å². The van der Waals surface area contributed by atoms with E-state index in [0.717, 1.165) is 5.92 Å². The van der Waals surface area contributed by atoms with Gasteiger partial charge in [0.25, 0.3) is 0 Å². The zero-order valence-corrected chi connectivity index (χ0v) is 8.61. The maximum atomic E-state index is 2.29. The van der Waals surface area contributed by atoms with Gasteiger partial charge in [-0.15, -0.1) is 6.42 Å². The molecule has 0 nitrogen and oxygen atoms in total. The molecule has 1 fully saturated rings. The van der Waals surface area contributed by atoms with Crippen molar-refractivity contribution in [2.75, 3.05) is 0 Å². The van der Waals surface area contributed by atoms with Crippen molar-refractivity contribution in [3.05, 3.63) is 5.92 Å². The first-order valence-corrected chi connectivity index (χ1v) is 3.15. The van der Waals surface area contributed by atoms with Gasteiger partial charge in [0.2, 0.25) is 0 Å². The van der Waals surface area contributed by atoms with E-state index in [2.05, 4.69) is 13.8 Å². The fourth-order valence-electron chi connectivity index (χ4n) is 0.958. The van der Waals surface area contributed by atoms with Crippen LogP contribution in [0.15, 0.2) is 0 Å². The van der Waals surface area contributed by atoms with Crippen LogP contribution in [0.25, 0.3) is 0 Å². The maximum Gasteiger partial charge on any atom is 0 e. The van der Waals surface area contributed by atoms with E-state index in [9.17, 15) is 0 Å². The first kappa shape index (κ1) is 9.10. The van der Waals surface area contributed by atoms with Crippen LogP contribution in [0.1, 0.15) is 33.1 Å². The molecule has 0 saturated heterocycles. The van der Waals surface area contributed by atoms with Gasteiger partial charge >= 0.3 is 0 Å². The van der Waals surface area contributed by atoms with Crippen molar-refractivity contribution in [3.63, 3.8) is 0 Å². The van der Waals surface area contributed by atoms with E-state index in [1.165, 1.54) is 19.3 Å². The zero-order chi connectivity index (χ0) is 5.28. The minimum atomic E-state index is 0. The third kappa shape index (κ3) is 2.15. The molecule has 0 aromatic rings.